The number of carbonyl (C=O) groups excluding carboxylic acids is 1. The van der Waals surface area contributed by atoms with Crippen LogP contribution >= 0.6 is 11.3 Å². The number of amides is 1. The van der Waals surface area contributed by atoms with E-state index in [9.17, 15) is 13.2 Å². The molecule has 1 aliphatic heterocycles. The molecule has 9 heteroatoms. The molecule has 1 aromatic heterocycles. The standard InChI is InChI=1S/C26H33N3O4S2/c1-17-13-20(4)24-23(14-17)29(10-11-33-5)26(34-24)27-25(30)21-6-8-22(9-7-21)35(31,32)28-15-18(2)12-19(3)16-28/h6-9,13-14,18-19H,10-12,15-16H2,1-5H3. The van der Waals surface area contributed by atoms with Crippen LogP contribution in [-0.4, -0.2) is 50.0 Å². The average molecular weight is 516 g/mol. The van der Waals surface area contributed by atoms with Gasteiger partial charge in [0.05, 0.1) is 21.7 Å². The number of thiazole rings is 1. The van der Waals surface area contributed by atoms with E-state index in [0.29, 0.717) is 48.4 Å². The summed E-state index contributed by atoms with van der Waals surface area (Å²) in [5.41, 5.74) is 3.67. The molecular weight excluding hydrogens is 482 g/mol. The smallest absolute Gasteiger partial charge is 0.279 e. The fourth-order valence-corrected chi connectivity index (χ4v) is 7.65. The Kier molecular flexibility index (Phi) is 7.61. The lowest BCUT2D eigenvalue weighted by molar-refractivity contribution is 0.0997. The third-order valence-electron chi connectivity index (χ3n) is 6.41. The highest BCUT2D eigenvalue weighted by Crippen LogP contribution is 2.27. The molecule has 1 saturated heterocycles. The van der Waals surface area contributed by atoms with Crippen molar-refractivity contribution in [2.45, 2.75) is 45.6 Å². The average Bonchev–Trinajstić information content (AvgIpc) is 3.14. The minimum atomic E-state index is -3.60. The van der Waals surface area contributed by atoms with Crippen molar-refractivity contribution in [3.63, 3.8) is 0 Å². The maximum Gasteiger partial charge on any atom is 0.279 e. The van der Waals surface area contributed by atoms with Crippen LogP contribution in [0.25, 0.3) is 10.2 Å². The summed E-state index contributed by atoms with van der Waals surface area (Å²) in [7, 11) is -1.95. The van der Waals surface area contributed by atoms with Gasteiger partial charge in [-0.1, -0.05) is 31.3 Å². The fraction of sp³-hybridized carbons (Fsp3) is 0.462. The van der Waals surface area contributed by atoms with Crippen molar-refractivity contribution in [3.8, 4) is 0 Å². The molecule has 3 aromatic rings. The Balaban J connectivity index is 1.65. The van der Waals surface area contributed by atoms with E-state index in [-0.39, 0.29) is 4.90 Å². The molecular formula is C26H33N3O4S2. The highest BCUT2D eigenvalue weighted by atomic mass is 32.2. The predicted molar refractivity (Wildman–Crippen MR) is 139 cm³/mol. The molecule has 2 heterocycles. The summed E-state index contributed by atoms with van der Waals surface area (Å²) in [4.78, 5) is 18.3. The molecule has 0 bridgehead atoms. The van der Waals surface area contributed by atoms with Gasteiger partial charge in [-0.25, -0.2) is 8.42 Å². The van der Waals surface area contributed by atoms with Crippen molar-refractivity contribution in [1.29, 1.82) is 0 Å². The number of rotatable bonds is 6. The number of hydrogen-bond donors (Lipinski definition) is 0. The first-order chi connectivity index (χ1) is 16.6. The van der Waals surface area contributed by atoms with Crippen molar-refractivity contribution >= 4 is 37.5 Å². The number of piperidine rings is 1. The van der Waals surface area contributed by atoms with Crippen LogP contribution in [0.1, 0.15) is 41.8 Å². The van der Waals surface area contributed by atoms with Gasteiger partial charge in [-0.05, 0) is 73.6 Å². The number of aryl methyl sites for hydroxylation is 2. The molecule has 0 saturated carbocycles. The number of sulfonamides is 1. The third-order valence-corrected chi connectivity index (χ3v) is 9.48. The Bertz CT molecular complexity index is 1390. The lowest BCUT2D eigenvalue weighted by atomic mass is 9.94. The summed E-state index contributed by atoms with van der Waals surface area (Å²) in [5, 5.41) is 0. The van der Waals surface area contributed by atoms with E-state index in [1.807, 2.05) is 11.5 Å². The molecule has 2 aromatic carbocycles. The maximum absolute atomic E-state index is 13.2. The molecule has 1 aliphatic rings. The van der Waals surface area contributed by atoms with Crippen LogP contribution in [0.15, 0.2) is 46.3 Å². The highest BCUT2D eigenvalue weighted by molar-refractivity contribution is 7.89. The van der Waals surface area contributed by atoms with Gasteiger partial charge in [-0.15, -0.1) is 0 Å². The second-order valence-corrected chi connectivity index (χ2v) is 12.6. The summed E-state index contributed by atoms with van der Waals surface area (Å²) >= 11 is 1.48. The van der Waals surface area contributed by atoms with Gasteiger partial charge in [0.2, 0.25) is 10.0 Å². The van der Waals surface area contributed by atoms with Crippen molar-refractivity contribution < 1.29 is 17.9 Å². The number of ether oxygens (including phenoxy) is 1. The number of aromatic nitrogens is 1. The molecule has 0 radical (unpaired) electrons. The number of nitrogens with zero attached hydrogens (tertiary/aromatic N) is 3. The summed E-state index contributed by atoms with van der Waals surface area (Å²) in [6.07, 6.45) is 1.03. The van der Waals surface area contributed by atoms with Gasteiger partial charge >= 0.3 is 0 Å². The van der Waals surface area contributed by atoms with Crippen molar-refractivity contribution in [3.05, 3.63) is 57.9 Å². The minimum absolute atomic E-state index is 0.207. The minimum Gasteiger partial charge on any atom is -0.383 e. The lowest BCUT2D eigenvalue weighted by Crippen LogP contribution is -2.42. The predicted octanol–water partition coefficient (Wildman–Crippen LogP) is 4.37. The van der Waals surface area contributed by atoms with E-state index in [2.05, 4.69) is 37.9 Å². The third kappa shape index (κ3) is 5.43. The SMILES string of the molecule is COCCn1c(=NC(=O)c2ccc(S(=O)(=O)N3CC(C)CC(C)C3)cc2)sc2c(C)cc(C)cc21. The van der Waals surface area contributed by atoms with Crippen LogP contribution in [0.5, 0.6) is 0 Å². The molecule has 188 valence electrons. The summed E-state index contributed by atoms with van der Waals surface area (Å²) in [6.45, 7) is 10.4. The van der Waals surface area contributed by atoms with E-state index in [1.54, 1.807) is 23.5 Å². The molecule has 35 heavy (non-hydrogen) atoms. The fourth-order valence-electron chi connectivity index (χ4n) is 4.87. The Labute approximate surface area is 211 Å². The van der Waals surface area contributed by atoms with Crippen molar-refractivity contribution in [2.24, 2.45) is 16.8 Å². The summed E-state index contributed by atoms with van der Waals surface area (Å²) in [5.74, 6) is 0.250. The van der Waals surface area contributed by atoms with Gasteiger partial charge in [0.15, 0.2) is 4.80 Å². The quantitative estimate of drug-likeness (QED) is 0.488. The Hall–Kier alpha value is -2.33. The van der Waals surface area contributed by atoms with E-state index in [4.69, 9.17) is 4.74 Å². The van der Waals surface area contributed by atoms with Crippen molar-refractivity contribution in [1.82, 2.24) is 8.87 Å². The molecule has 1 fully saturated rings. The van der Waals surface area contributed by atoms with Gasteiger partial charge in [0, 0.05) is 32.3 Å². The summed E-state index contributed by atoms with van der Waals surface area (Å²) < 4.78 is 36.3. The maximum atomic E-state index is 13.2. The number of fused-ring (bicyclic) bond motifs is 1. The number of methoxy groups -OCH3 is 1. The zero-order valence-corrected chi connectivity index (χ0v) is 22.6. The first kappa shape index (κ1) is 25.8. The van der Waals surface area contributed by atoms with Gasteiger partial charge in [-0.2, -0.15) is 9.30 Å². The van der Waals surface area contributed by atoms with Crippen LogP contribution in [0, 0.1) is 25.7 Å². The second-order valence-electron chi connectivity index (χ2n) is 9.67. The van der Waals surface area contributed by atoms with Gasteiger partial charge in [-0.3, -0.25) is 4.79 Å². The monoisotopic (exact) mass is 515 g/mol. The topological polar surface area (TPSA) is 81.0 Å². The van der Waals surface area contributed by atoms with Gasteiger partial charge in [0.1, 0.15) is 0 Å². The Morgan fingerprint density at radius 1 is 1.11 bits per heavy atom. The van der Waals surface area contributed by atoms with E-state index in [1.165, 1.54) is 23.5 Å². The molecule has 0 spiro atoms. The summed E-state index contributed by atoms with van der Waals surface area (Å²) in [6, 6.07) is 10.3. The molecule has 1 amide bonds. The number of hydrogen-bond acceptors (Lipinski definition) is 5. The normalized spacial score (nSPS) is 20.0. The number of benzene rings is 2. The molecule has 0 N–H and O–H groups in total. The van der Waals surface area contributed by atoms with E-state index in [0.717, 1.165) is 27.8 Å². The first-order valence-electron chi connectivity index (χ1n) is 11.9. The first-order valence-corrected chi connectivity index (χ1v) is 14.1. The van der Waals surface area contributed by atoms with Crippen LogP contribution in [-0.2, 0) is 21.3 Å². The molecule has 2 unspecified atom stereocenters. The van der Waals surface area contributed by atoms with Gasteiger partial charge < -0.3 is 9.30 Å². The van der Waals surface area contributed by atoms with Gasteiger partial charge in [0.25, 0.3) is 5.91 Å². The van der Waals surface area contributed by atoms with E-state index >= 15 is 0 Å². The van der Waals surface area contributed by atoms with Crippen LogP contribution in [0.3, 0.4) is 0 Å². The van der Waals surface area contributed by atoms with Crippen LogP contribution in [0.2, 0.25) is 0 Å². The molecule has 4 rings (SSSR count). The van der Waals surface area contributed by atoms with E-state index < -0.39 is 15.9 Å². The lowest BCUT2D eigenvalue weighted by Gasteiger charge is -2.34. The molecule has 7 nitrogen and oxygen atoms in total. The Morgan fingerprint density at radius 3 is 2.40 bits per heavy atom. The van der Waals surface area contributed by atoms with Crippen LogP contribution in [0.4, 0.5) is 0 Å². The zero-order chi connectivity index (χ0) is 25.3. The largest absolute Gasteiger partial charge is 0.383 e. The zero-order valence-electron chi connectivity index (χ0n) is 20.9. The Morgan fingerprint density at radius 2 is 1.77 bits per heavy atom. The van der Waals surface area contributed by atoms with Crippen LogP contribution < -0.4 is 4.80 Å². The molecule has 2 atom stereocenters. The molecule has 0 aliphatic carbocycles. The highest BCUT2D eigenvalue weighted by Gasteiger charge is 2.31. The second kappa shape index (κ2) is 10.3. The van der Waals surface area contributed by atoms with Crippen molar-refractivity contribution in [2.75, 3.05) is 26.8 Å². The number of carbonyl (C=O) groups is 1.